The molecule has 1 aliphatic rings. The van der Waals surface area contributed by atoms with E-state index in [2.05, 4.69) is 44.9 Å². The quantitative estimate of drug-likeness (QED) is 0.308. The number of aromatic nitrogens is 1. The van der Waals surface area contributed by atoms with Gasteiger partial charge in [0.2, 0.25) is 5.89 Å². The Morgan fingerprint density at radius 3 is 2.47 bits per heavy atom. The fourth-order valence-electron chi connectivity index (χ4n) is 3.08. The van der Waals surface area contributed by atoms with Crippen LogP contribution in [0, 0.1) is 13.8 Å². The molecule has 0 spiro atoms. The summed E-state index contributed by atoms with van der Waals surface area (Å²) in [5.74, 6) is 2.26. The third-order valence-corrected chi connectivity index (χ3v) is 4.92. The number of nitrogens with zero attached hydrogens (tertiary/aromatic N) is 2. The first-order valence-corrected chi connectivity index (χ1v) is 10.4. The van der Waals surface area contributed by atoms with Crippen molar-refractivity contribution < 1.29 is 13.9 Å². The molecular formula is C22H33IN4O3. The maximum atomic E-state index is 5.98. The molecule has 2 aromatic rings. The predicted octanol–water partition coefficient (Wildman–Crippen LogP) is 3.86. The van der Waals surface area contributed by atoms with Crippen molar-refractivity contribution in [2.75, 3.05) is 19.8 Å². The van der Waals surface area contributed by atoms with E-state index in [0.29, 0.717) is 31.7 Å². The average Bonchev–Trinajstić information content (AvgIpc) is 3.07. The molecule has 166 valence electrons. The average molecular weight is 528 g/mol. The Hall–Kier alpha value is -1.65. The van der Waals surface area contributed by atoms with E-state index in [-0.39, 0.29) is 24.0 Å². The Morgan fingerprint density at radius 2 is 1.83 bits per heavy atom. The van der Waals surface area contributed by atoms with E-state index < -0.39 is 0 Å². The Morgan fingerprint density at radius 1 is 1.13 bits per heavy atom. The van der Waals surface area contributed by atoms with Gasteiger partial charge in [-0.3, -0.25) is 0 Å². The number of guanidine groups is 1. The number of nitrogens with one attached hydrogen (secondary N) is 2. The summed E-state index contributed by atoms with van der Waals surface area (Å²) in [4.78, 5) is 9.05. The second kappa shape index (κ2) is 12.9. The maximum absolute atomic E-state index is 5.98. The van der Waals surface area contributed by atoms with Gasteiger partial charge in [-0.15, -0.1) is 24.0 Å². The van der Waals surface area contributed by atoms with Gasteiger partial charge in [-0.2, -0.15) is 0 Å². The van der Waals surface area contributed by atoms with Crippen LogP contribution in [0.3, 0.4) is 0 Å². The zero-order chi connectivity index (χ0) is 20.5. The summed E-state index contributed by atoms with van der Waals surface area (Å²) in [5, 5.41) is 6.52. The third-order valence-electron chi connectivity index (χ3n) is 4.92. The summed E-state index contributed by atoms with van der Waals surface area (Å²) in [6, 6.07) is 8.44. The highest BCUT2D eigenvalue weighted by Crippen LogP contribution is 2.14. The summed E-state index contributed by atoms with van der Waals surface area (Å²) >= 11 is 0. The first kappa shape index (κ1) is 24.6. The van der Waals surface area contributed by atoms with Gasteiger partial charge in [0.05, 0.1) is 31.5 Å². The zero-order valence-electron chi connectivity index (χ0n) is 18.1. The number of aliphatic imine (C=N–C) groups is 1. The topological polar surface area (TPSA) is 80.9 Å². The van der Waals surface area contributed by atoms with Gasteiger partial charge in [-0.25, -0.2) is 9.98 Å². The second-order valence-corrected chi connectivity index (χ2v) is 7.24. The summed E-state index contributed by atoms with van der Waals surface area (Å²) < 4.78 is 17.0. The van der Waals surface area contributed by atoms with E-state index in [1.54, 1.807) is 0 Å². The van der Waals surface area contributed by atoms with Crippen LogP contribution in [0.25, 0.3) is 0 Å². The maximum Gasteiger partial charge on any atom is 0.214 e. The molecule has 8 heteroatoms. The van der Waals surface area contributed by atoms with Crippen LogP contribution in [0.5, 0.6) is 0 Å². The predicted molar refractivity (Wildman–Crippen MR) is 128 cm³/mol. The molecule has 3 rings (SSSR count). The fourth-order valence-corrected chi connectivity index (χ4v) is 3.08. The van der Waals surface area contributed by atoms with E-state index in [0.717, 1.165) is 55.6 Å². The highest BCUT2D eigenvalue weighted by molar-refractivity contribution is 14.0. The molecule has 2 N–H and O–H groups in total. The number of rotatable bonds is 8. The van der Waals surface area contributed by atoms with Gasteiger partial charge >= 0.3 is 0 Å². The number of oxazole rings is 1. The van der Waals surface area contributed by atoms with Crippen LogP contribution >= 0.6 is 24.0 Å². The smallest absolute Gasteiger partial charge is 0.214 e. The third kappa shape index (κ3) is 7.88. The van der Waals surface area contributed by atoms with Gasteiger partial charge in [-0.05, 0) is 44.7 Å². The largest absolute Gasteiger partial charge is 0.444 e. The number of ether oxygens (including phenoxy) is 2. The number of hydrogen-bond donors (Lipinski definition) is 2. The van der Waals surface area contributed by atoms with Crippen LogP contribution in [0.15, 0.2) is 33.7 Å². The molecule has 1 aromatic heterocycles. The normalized spacial score (nSPS) is 15.0. The van der Waals surface area contributed by atoms with Crippen molar-refractivity contribution in [1.29, 1.82) is 0 Å². The van der Waals surface area contributed by atoms with Gasteiger partial charge in [0.1, 0.15) is 5.76 Å². The number of hydrogen-bond acceptors (Lipinski definition) is 5. The first-order valence-electron chi connectivity index (χ1n) is 10.4. The van der Waals surface area contributed by atoms with Crippen molar-refractivity contribution in [2.24, 2.45) is 4.99 Å². The molecule has 30 heavy (non-hydrogen) atoms. The summed E-state index contributed by atoms with van der Waals surface area (Å²) in [6.07, 6.45) is 2.29. The van der Waals surface area contributed by atoms with Crippen LogP contribution in [-0.2, 0) is 29.2 Å². The lowest BCUT2D eigenvalue weighted by Crippen LogP contribution is -2.36. The summed E-state index contributed by atoms with van der Waals surface area (Å²) in [7, 11) is 0. The molecule has 0 atom stereocenters. The van der Waals surface area contributed by atoms with Crippen LogP contribution in [0.1, 0.15) is 48.2 Å². The molecule has 0 amide bonds. The summed E-state index contributed by atoms with van der Waals surface area (Å²) in [5.41, 5.74) is 3.26. The van der Waals surface area contributed by atoms with Crippen molar-refractivity contribution in [1.82, 2.24) is 15.6 Å². The standard InChI is InChI=1S/C22H32N4O3.HI/c1-4-23-22(25-14-21-26-16(2)17(3)29-21)24-13-18-5-7-19(8-6-18)15-28-20-9-11-27-12-10-20;/h5-8,20H,4,9-15H2,1-3H3,(H2,23,24,25);1H. The van der Waals surface area contributed by atoms with Crippen LogP contribution in [-0.4, -0.2) is 36.8 Å². The Labute approximate surface area is 196 Å². The molecule has 0 bridgehead atoms. The minimum absolute atomic E-state index is 0. The Kier molecular flexibility index (Phi) is 10.6. The number of benzene rings is 1. The van der Waals surface area contributed by atoms with E-state index in [4.69, 9.17) is 13.9 Å². The van der Waals surface area contributed by atoms with Crippen molar-refractivity contribution in [2.45, 2.75) is 59.4 Å². The second-order valence-electron chi connectivity index (χ2n) is 7.24. The molecule has 1 aromatic carbocycles. The lowest BCUT2D eigenvalue weighted by Gasteiger charge is -2.22. The van der Waals surface area contributed by atoms with Gasteiger partial charge in [0.25, 0.3) is 0 Å². The fraction of sp³-hybridized carbons (Fsp3) is 0.545. The van der Waals surface area contributed by atoms with E-state index in [1.165, 1.54) is 5.56 Å². The minimum atomic E-state index is 0. The minimum Gasteiger partial charge on any atom is -0.444 e. The SMILES string of the molecule is CCNC(=NCc1ccc(COC2CCOCC2)cc1)NCc1nc(C)c(C)o1.I. The van der Waals surface area contributed by atoms with Gasteiger partial charge in [-0.1, -0.05) is 24.3 Å². The lowest BCUT2D eigenvalue weighted by molar-refractivity contribution is -0.0390. The van der Waals surface area contributed by atoms with E-state index in [1.807, 2.05) is 20.8 Å². The Balaban J connectivity index is 0.00000320. The number of halogens is 1. The van der Waals surface area contributed by atoms with Crippen LogP contribution in [0.4, 0.5) is 0 Å². The van der Waals surface area contributed by atoms with Crippen molar-refractivity contribution in [3.63, 3.8) is 0 Å². The molecule has 1 aliphatic heterocycles. The lowest BCUT2D eigenvalue weighted by atomic mass is 10.1. The molecule has 0 saturated carbocycles. The highest BCUT2D eigenvalue weighted by atomic mass is 127. The van der Waals surface area contributed by atoms with Crippen LogP contribution < -0.4 is 10.6 Å². The van der Waals surface area contributed by atoms with Crippen molar-refractivity contribution in [3.8, 4) is 0 Å². The zero-order valence-corrected chi connectivity index (χ0v) is 20.4. The van der Waals surface area contributed by atoms with Crippen molar-refractivity contribution >= 4 is 29.9 Å². The van der Waals surface area contributed by atoms with E-state index in [9.17, 15) is 0 Å². The van der Waals surface area contributed by atoms with Gasteiger partial charge in [0.15, 0.2) is 5.96 Å². The van der Waals surface area contributed by atoms with Crippen LogP contribution in [0.2, 0.25) is 0 Å². The van der Waals surface area contributed by atoms with Gasteiger partial charge < -0.3 is 24.5 Å². The van der Waals surface area contributed by atoms with E-state index >= 15 is 0 Å². The molecule has 2 heterocycles. The monoisotopic (exact) mass is 528 g/mol. The summed E-state index contributed by atoms with van der Waals surface area (Å²) in [6.45, 7) is 10.1. The molecule has 1 saturated heterocycles. The Bertz CT molecular complexity index is 767. The molecule has 0 unspecified atom stereocenters. The highest BCUT2D eigenvalue weighted by Gasteiger charge is 2.14. The van der Waals surface area contributed by atoms with Crippen molar-refractivity contribution in [3.05, 3.63) is 52.7 Å². The molecular weight excluding hydrogens is 495 g/mol. The van der Waals surface area contributed by atoms with Gasteiger partial charge in [0, 0.05) is 19.8 Å². The molecule has 7 nitrogen and oxygen atoms in total. The number of aryl methyl sites for hydroxylation is 2. The molecule has 1 fully saturated rings. The molecule has 0 aliphatic carbocycles. The molecule has 0 radical (unpaired) electrons. The first-order chi connectivity index (χ1) is 14.1.